The Balaban J connectivity index is 1.84. The lowest BCUT2D eigenvalue weighted by Crippen LogP contribution is -2.28. The molecule has 1 fully saturated rings. The zero-order valence-corrected chi connectivity index (χ0v) is 14.8. The number of benzene rings is 3. The minimum absolute atomic E-state index is 0.0577. The molecule has 3 aromatic rings. The fraction of sp³-hybridized carbons (Fsp3) is 0.333. The van der Waals surface area contributed by atoms with Gasteiger partial charge in [0, 0.05) is 0 Å². The Hall–Kier alpha value is -2.12. The Bertz CT molecular complexity index is 930. The van der Waals surface area contributed by atoms with Crippen molar-refractivity contribution in [3.8, 4) is 11.1 Å². The van der Waals surface area contributed by atoms with E-state index in [0.29, 0.717) is 0 Å². The smallest absolute Gasteiger partial charge is 0.0945 e. The lowest BCUT2D eigenvalue weighted by atomic mass is 9.75. The van der Waals surface area contributed by atoms with Crippen LogP contribution in [0.4, 0.5) is 0 Å². The van der Waals surface area contributed by atoms with Crippen molar-refractivity contribution < 1.29 is 4.74 Å². The first kappa shape index (κ1) is 15.2. The number of rotatable bonds is 1. The average molecular weight is 328 g/mol. The minimum atomic E-state index is -0.0577. The van der Waals surface area contributed by atoms with Crippen molar-refractivity contribution in [1.82, 2.24) is 0 Å². The van der Waals surface area contributed by atoms with E-state index in [9.17, 15) is 0 Å². The summed E-state index contributed by atoms with van der Waals surface area (Å²) in [6, 6.07) is 20.2. The fourth-order valence-corrected chi connectivity index (χ4v) is 4.87. The maximum Gasteiger partial charge on any atom is 0.0945 e. The van der Waals surface area contributed by atoms with Gasteiger partial charge < -0.3 is 4.74 Å². The molecule has 0 amide bonds. The third-order valence-electron chi connectivity index (χ3n) is 6.09. The van der Waals surface area contributed by atoms with Crippen molar-refractivity contribution in [3.63, 3.8) is 0 Å². The zero-order chi connectivity index (χ0) is 16.9. The zero-order valence-electron chi connectivity index (χ0n) is 14.8. The van der Waals surface area contributed by atoms with Gasteiger partial charge in [0.15, 0.2) is 0 Å². The van der Waals surface area contributed by atoms with Gasteiger partial charge in [0.25, 0.3) is 0 Å². The second-order valence-electron chi connectivity index (χ2n) is 7.72. The summed E-state index contributed by atoms with van der Waals surface area (Å²) in [4.78, 5) is 0. The number of hydrogen-bond donors (Lipinski definition) is 0. The third kappa shape index (κ3) is 2.33. The highest BCUT2D eigenvalue weighted by molar-refractivity contribution is 6.00. The van der Waals surface area contributed by atoms with Gasteiger partial charge in [-0.05, 0) is 58.9 Å². The molecular weight excluding hydrogens is 304 g/mol. The fourth-order valence-electron chi connectivity index (χ4n) is 4.87. The predicted molar refractivity (Wildman–Crippen MR) is 104 cm³/mol. The lowest BCUT2D eigenvalue weighted by Gasteiger charge is -2.35. The van der Waals surface area contributed by atoms with Crippen LogP contribution < -0.4 is 0 Å². The molecule has 1 aliphatic heterocycles. The lowest BCUT2D eigenvalue weighted by molar-refractivity contribution is -0.0634. The molecule has 1 saturated carbocycles. The normalized spacial score (nSPS) is 18.6. The number of ether oxygens (including phenoxy) is 1. The molecule has 25 heavy (non-hydrogen) atoms. The summed E-state index contributed by atoms with van der Waals surface area (Å²) in [5, 5.41) is 2.69. The Morgan fingerprint density at radius 2 is 1.64 bits per heavy atom. The first-order chi connectivity index (χ1) is 12.3. The quantitative estimate of drug-likeness (QED) is 0.495. The topological polar surface area (TPSA) is 9.23 Å². The van der Waals surface area contributed by atoms with E-state index in [4.69, 9.17) is 4.74 Å². The van der Waals surface area contributed by atoms with Gasteiger partial charge in [-0.25, -0.2) is 0 Å². The Morgan fingerprint density at radius 1 is 0.880 bits per heavy atom. The molecule has 0 N–H and O–H groups in total. The molecule has 3 aromatic carbocycles. The van der Waals surface area contributed by atoms with E-state index >= 15 is 0 Å². The minimum Gasteiger partial charge on any atom is -0.366 e. The van der Waals surface area contributed by atoms with Crippen LogP contribution in [-0.4, -0.2) is 0 Å². The summed E-state index contributed by atoms with van der Waals surface area (Å²) in [5.41, 5.74) is 6.87. The van der Waals surface area contributed by atoms with Crippen molar-refractivity contribution in [2.45, 2.75) is 51.2 Å². The first-order valence-electron chi connectivity index (χ1n) is 9.53. The van der Waals surface area contributed by atoms with Crippen molar-refractivity contribution in [3.05, 3.63) is 71.3 Å². The van der Waals surface area contributed by atoms with Crippen LogP contribution in [0.25, 0.3) is 21.9 Å². The van der Waals surface area contributed by atoms with Crippen molar-refractivity contribution in [1.29, 1.82) is 0 Å². The highest BCUT2D eigenvalue weighted by Gasteiger charge is 2.43. The third-order valence-corrected chi connectivity index (χ3v) is 6.09. The molecule has 126 valence electrons. The second-order valence-corrected chi connectivity index (χ2v) is 7.72. The summed E-state index contributed by atoms with van der Waals surface area (Å²) in [6.07, 6.45) is 6.22. The van der Waals surface area contributed by atoms with Crippen LogP contribution in [0.1, 0.15) is 48.8 Å². The van der Waals surface area contributed by atoms with Gasteiger partial charge in [0.2, 0.25) is 0 Å². The molecule has 1 spiro atoms. The predicted octanol–water partition coefficient (Wildman–Crippen LogP) is 6.50. The van der Waals surface area contributed by atoms with Crippen LogP contribution >= 0.6 is 0 Å². The molecule has 5 rings (SSSR count). The van der Waals surface area contributed by atoms with E-state index in [0.717, 1.165) is 19.4 Å². The maximum atomic E-state index is 6.51. The van der Waals surface area contributed by atoms with Gasteiger partial charge in [0.05, 0.1) is 12.2 Å². The van der Waals surface area contributed by atoms with Gasteiger partial charge in [-0.15, -0.1) is 0 Å². The standard InChI is InChI=1S/C24H24O/c1-17-9-11-18(12-10-17)22-21-8-4-3-7-19(21)15-20-16-25-24(23(20)22)13-5-2-6-14-24/h3-4,7-12,15H,2,5-6,13-14,16H2,1H3. The molecule has 1 heteroatoms. The Kier molecular flexibility index (Phi) is 3.46. The van der Waals surface area contributed by atoms with E-state index < -0.39 is 0 Å². The molecule has 0 saturated heterocycles. The SMILES string of the molecule is Cc1ccc(-c2c3c(cc4ccccc24)COC32CCCCC2)cc1. The molecule has 0 radical (unpaired) electrons. The average Bonchev–Trinajstić information content (AvgIpc) is 2.99. The highest BCUT2D eigenvalue weighted by Crippen LogP contribution is 2.52. The van der Waals surface area contributed by atoms with E-state index in [1.807, 2.05) is 0 Å². The highest BCUT2D eigenvalue weighted by atomic mass is 16.5. The van der Waals surface area contributed by atoms with E-state index in [1.165, 1.54) is 57.9 Å². The van der Waals surface area contributed by atoms with Crippen LogP contribution in [0.3, 0.4) is 0 Å². The van der Waals surface area contributed by atoms with Crippen LogP contribution in [0.15, 0.2) is 54.6 Å². The van der Waals surface area contributed by atoms with Crippen LogP contribution in [0.5, 0.6) is 0 Å². The largest absolute Gasteiger partial charge is 0.366 e. The van der Waals surface area contributed by atoms with E-state index in [2.05, 4.69) is 61.5 Å². The molecule has 2 aliphatic rings. The summed E-state index contributed by atoms with van der Waals surface area (Å²) >= 11 is 0. The molecule has 0 aromatic heterocycles. The summed E-state index contributed by atoms with van der Waals surface area (Å²) in [6.45, 7) is 2.92. The van der Waals surface area contributed by atoms with Gasteiger partial charge in [-0.1, -0.05) is 73.4 Å². The molecule has 0 bridgehead atoms. The van der Waals surface area contributed by atoms with Crippen molar-refractivity contribution in [2.75, 3.05) is 0 Å². The molecule has 0 atom stereocenters. The molecule has 1 aliphatic carbocycles. The van der Waals surface area contributed by atoms with Crippen LogP contribution in [-0.2, 0) is 16.9 Å². The van der Waals surface area contributed by atoms with Crippen molar-refractivity contribution >= 4 is 10.8 Å². The molecule has 0 unspecified atom stereocenters. The van der Waals surface area contributed by atoms with Crippen molar-refractivity contribution in [2.24, 2.45) is 0 Å². The summed E-state index contributed by atoms with van der Waals surface area (Å²) < 4.78 is 6.51. The van der Waals surface area contributed by atoms with Gasteiger partial charge in [-0.3, -0.25) is 0 Å². The second kappa shape index (κ2) is 5.71. The van der Waals surface area contributed by atoms with Crippen LogP contribution in [0.2, 0.25) is 0 Å². The molecule has 1 heterocycles. The Morgan fingerprint density at radius 3 is 2.44 bits per heavy atom. The van der Waals surface area contributed by atoms with E-state index in [-0.39, 0.29) is 5.60 Å². The maximum absolute atomic E-state index is 6.51. The first-order valence-corrected chi connectivity index (χ1v) is 9.53. The van der Waals surface area contributed by atoms with Gasteiger partial charge in [-0.2, -0.15) is 0 Å². The Labute approximate surface area is 149 Å². The summed E-state index contributed by atoms with van der Waals surface area (Å²) in [7, 11) is 0. The summed E-state index contributed by atoms with van der Waals surface area (Å²) in [5.74, 6) is 0. The van der Waals surface area contributed by atoms with Gasteiger partial charge >= 0.3 is 0 Å². The number of hydrogen-bond acceptors (Lipinski definition) is 1. The van der Waals surface area contributed by atoms with Gasteiger partial charge in [0.1, 0.15) is 0 Å². The molecular formula is C24H24O. The molecule has 1 nitrogen and oxygen atoms in total. The number of aryl methyl sites for hydroxylation is 1. The van der Waals surface area contributed by atoms with E-state index in [1.54, 1.807) is 0 Å². The number of fused-ring (bicyclic) bond motifs is 3. The van der Waals surface area contributed by atoms with Crippen LogP contribution in [0, 0.1) is 6.92 Å². The monoisotopic (exact) mass is 328 g/mol.